The van der Waals surface area contributed by atoms with Gasteiger partial charge in [-0.05, 0) is 0 Å². The molecule has 0 aromatic heterocycles. The first-order valence-electron chi connectivity index (χ1n) is 3.50. The number of urea groups is 4. The molecule has 0 aliphatic heterocycles. The monoisotopic (exact) mass is 218 g/mol. The second-order valence-corrected chi connectivity index (χ2v) is 2.35. The van der Waals surface area contributed by atoms with Gasteiger partial charge in [0.1, 0.15) is 6.67 Å². The van der Waals surface area contributed by atoms with Crippen LogP contribution in [0, 0.1) is 0 Å². The maximum Gasteiger partial charge on any atom is 0.324 e. The highest BCUT2D eigenvalue weighted by Crippen LogP contribution is 1.94. The fourth-order valence-electron chi connectivity index (χ4n) is 0.637. The number of rotatable bonds is 2. The number of hydrogen-bond donors (Lipinski definition) is 4. The van der Waals surface area contributed by atoms with Crippen LogP contribution < -0.4 is 22.9 Å². The number of carbonyl (C=O) groups is 4. The van der Waals surface area contributed by atoms with E-state index in [1.165, 1.54) is 0 Å². The number of nitrogens with zero attached hydrogens (tertiary/aromatic N) is 2. The molecule has 0 aliphatic carbocycles. The van der Waals surface area contributed by atoms with Crippen LogP contribution >= 0.6 is 0 Å². The Morgan fingerprint density at radius 3 is 1.00 bits per heavy atom. The molecule has 8 amide bonds. The van der Waals surface area contributed by atoms with Gasteiger partial charge in [0.2, 0.25) is 0 Å². The smallest absolute Gasteiger partial charge is 0.324 e. The molecule has 0 fully saturated rings. The van der Waals surface area contributed by atoms with Crippen molar-refractivity contribution in [2.24, 2.45) is 22.9 Å². The third-order valence-corrected chi connectivity index (χ3v) is 1.35. The predicted molar refractivity (Wildman–Crippen MR) is 46.9 cm³/mol. The van der Waals surface area contributed by atoms with Gasteiger partial charge in [0, 0.05) is 0 Å². The lowest BCUT2D eigenvalue weighted by atomic mass is 10.6. The number of amides is 8. The van der Waals surface area contributed by atoms with Crippen LogP contribution in [0.4, 0.5) is 19.2 Å². The van der Waals surface area contributed by atoms with Gasteiger partial charge < -0.3 is 22.9 Å². The number of nitrogens with two attached hydrogens (primary N) is 4. The fraction of sp³-hybridized carbons (Fsp3) is 0.200. The van der Waals surface area contributed by atoms with Crippen LogP contribution in [0.2, 0.25) is 0 Å². The molecule has 0 bridgehead atoms. The van der Waals surface area contributed by atoms with Gasteiger partial charge in [-0.25, -0.2) is 29.0 Å². The van der Waals surface area contributed by atoms with Gasteiger partial charge in [-0.2, -0.15) is 0 Å². The Balaban J connectivity index is 4.77. The Morgan fingerprint density at radius 1 is 0.667 bits per heavy atom. The van der Waals surface area contributed by atoms with Gasteiger partial charge in [-0.3, -0.25) is 0 Å². The summed E-state index contributed by atoms with van der Waals surface area (Å²) in [7, 11) is 0. The quantitative estimate of drug-likeness (QED) is 0.386. The van der Waals surface area contributed by atoms with Crippen molar-refractivity contribution in [2.75, 3.05) is 6.67 Å². The molecule has 0 aromatic carbocycles. The van der Waals surface area contributed by atoms with Crippen molar-refractivity contribution >= 4 is 24.1 Å². The third-order valence-electron chi connectivity index (χ3n) is 1.35. The van der Waals surface area contributed by atoms with Gasteiger partial charge >= 0.3 is 24.1 Å². The summed E-state index contributed by atoms with van der Waals surface area (Å²) in [6, 6.07) is -4.96. The zero-order valence-electron chi connectivity index (χ0n) is 7.54. The lowest BCUT2D eigenvalue weighted by molar-refractivity contribution is 0.162. The predicted octanol–water partition coefficient (Wildman–Crippen LogP) is -2.14. The van der Waals surface area contributed by atoms with Crippen LogP contribution in [-0.4, -0.2) is 40.6 Å². The minimum absolute atomic E-state index is 0.218. The van der Waals surface area contributed by atoms with E-state index >= 15 is 0 Å². The van der Waals surface area contributed by atoms with E-state index in [1.807, 2.05) is 0 Å². The van der Waals surface area contributed by atoms with Crippen molar-refractivity contribution in [3.8, 4) is 0 Å². The Kier molecular flexibility index (Phi) is 3.86. The van der Waals surface area contributed by atoms with Crippen molar-refractivity contribution in [2.45, 2.75) is 0 Å². The molecule has 0 unspecified atom stereocenters. The molecule has 84 valence electrons. The van der Waals surface area contributed by atoms with Gasteiger partial charge in [-0.1, -0.05) is 0 Å². The molecule has 0 heterocycles. The van der Waals surface area contributed by atoms with Gasteiger partial charge in [0.25, 0.3) is 0 Å². The van der Waals surface area contributed by atoms with E-state index < -0.39 is 30.8 Å². The van der Waals surface area contributed by atoms with Crippen molar-refractivity contribution in [3.05, 3.63) is 0 Å². The summed E-state index contributed by atoms with van der Waals surface area (Å²) >= 11 is 0. The summed E-state index contributed by atoms with van der Waals surface area (Å²) in [6.45, 7) is -0.824. The SMILES string of the molecule is NC(=O)N(CN(C(N)=O)C(N)=O)C(N)=O. The normalized spacial score (nSPS) is 9.07. The molecule has 0 atom stereocenters. The Morgan fingerprint density at radius 2 is 0.867 bits per heavy atom. The van der Waals surface area contributed by atoms with Crippen LogP contribution in [0.25, 0.3) is 0 Å². The first-order valence-corrected chi connectivity index (χ1v) is 3.50. The molecule has 0 saturated heterocycles. The molecule has 0 aromatic rings. The molecule has 8 N–H and O–H groups in total. The average molecular weight is 218 g/mol. The van der Waals surface area contributed by atoms with Gasteiger partial charge in [0.05, 0.1) is 0 Å². The first kappa shape index (κ1) is 12.5. The highest BCUT2D eigenvalue weighted by molar-refractivity contribution is 5.95. The van der Waals surface area contributed by atoms with E-state index in [1.54, 1.807) is 0 Å². The highest BCUT2D eigenvalue weighted by atomic mass is 16.2. The summed E-state index contributed by atoms with van der Waals surface area (Å²) in [6.07, 6.45) is 0. The molecule has 0 aliphatic rings. The molecule has 15 heavy (non-hydrogen) atoms. The van der Waals surface area contributed by atoms with Crippen LogP contribution in [0.15, 0.2) is 0 Å². The van der Waals surface area contributed by atoms with E-state index in [0.717, 1.165) is 0 Å². The Bertz CT molecular complexity index is 257. The third kappa shape index (κ3) is 3.38. The van der Waals surface area contributed by atoms with Crippen LogP contribution in [-0.2, 0) is 0 Å². The minimum Gasteiger partial charge on any atom is -0.351 e. The average Bonchev–Trinajstić information content (AvgIpc) is 2.01. The van der Waals surface area contributed by atoms with E-state index in [4.69, 9.17) is 22.9 Å². The van der Waals surface area contributed by atoms with Crippen molar-refractivity contribution < 1.29 is 19.2 Å². The minimum atomic E-state index is -1.24. The zero-order chi connectivity index (χ0) is 12.2. The van der Waals surface area contributed by atoms with Gasteiger partial charge in [0.15, 0.2) is 0 Å². The van der Waals surface area contributed by atoms with E-state index in [-0.39, 0.29) is 9.80 Å². The molecular formula is C5H10N6O4. The van der Waals surface area contributed by atoms with Gasteiger partial charge in [-0.15, -0.1) is 0 Å². The van der Waals surface area contributed by atoms with Crippen molar-refractivity contribution in [1.29, 1.82) is 0 Å². The Hall–Kier alpha value is -2.52. The molecule has 10 heteroatoms. The summed E-state index contributed by atoms with van der Waals surface area (Å²) in [4.78, 5) is 43.0. The van der Waals surface area contributed by atoms with E-state index in [9.17, 15) is 19.2 Å². The summed E-state index contributed by atoms with van der Waals surface area (Å²) in [5, 5.41) is 0. The number of primary amides is 4. The van der Waals surface area contributed by atoms with Crippen LogP contribution in [0.5, 0.6) is 0 Å². The van der Waals surface area contributed by atoms with E-state index in [0.29, 0.717) is 0 Å². The molecule has 0 saturated carbocycles. The second kappa shape index (κ2) is 4.64. The Labute approximate surface area is 83.7 Å². The van der Waals surface area contributed by atoms with Crippen molar-refractivity contribution in [3.63, 3.8) is 0 Å². The van der Waals surface area contributed by atoms with Crippen molar-refractivity contribution in [1.82, 2.24) is 9.80 Å². The summed E-state index contributed by atoms with van der Waals surface area (Å²) < 4.78 is 0. The zero-order valence-corrected chi connectivity index (χ0v) is 7.54. The van der Waals surface area contributed by atoms with Crippen LogP contribution in [0.3, 0.4) is 0 Å². The largest absolute Gasteiger partial charge is 0.351 e. The van der Waals surface area contributed by atoms with E-state index in [2.05, 4.69) is 0 Å². The summed E-state index contributed by atoms with van der Waals surface area (Å²) in [5.74, 6) is 0. The molecule has 0 radical (unpaired) electrons. The molecular weight excluding hydrogens is 208 g/mol. The lowest BCUT2D eigenvalue weighted by Crippen LogP contribution is -2.55. The summed E-state index contributed by atoms with van der Waals surface area (Å²) in [5.41, 5.74) is 19.0. The molecule has 10 nitrogen and oxygen atoms in total. The fourth-order valence-corrected chi connectivity index (χ4v) is 0.637. The standard InChI is InChI=1S/C5H10N6O4/c6-2(12)10(3(7)13)1-11(4(8)14)5(9)15/h1H2,(H2,6,12)(H2,7,13)(H2,8,14)(H2,9,15). The topological polar surface area (TPSA) is 179 Å². The number of imide groups is 2. The number of carbonyl (C=O) groups excluding carboxylic acids is 4. The highest BCUT2D eigenvalue weighted by Gasteiger charge is 2.24. The molecule has 0 rings (SSSR count). The second-order valence-electron chi connectivity index (χ2n) is 2.35. The molecule has 0 spiro atoms. The maximum atomic E-state index is 10.6. The first-order chi connectivity index (χ1) is 6.77. The van der Waals surface area contributed by atoms with Crippen LogP contribution in [0.1, 0.15) is 0 Å². The maximum absolute atomic E-state index is 10.6. The number of hydrogen-bond acceptors (Lipinski definition) is 4. The lowest BCUT2D eigenvalue weighted by Gasteiger charge is -2.22.